The van der Waals surface area contributed by atoms with Crippen molar-refractivity contribution in [1.82, 2.24) is 0 Å². The van der Waals surface area contributed by atoms with Crippen molar-refractivity contribution in [1.29, 1.82) is 0 Å². The first kappa shape index (κ1) is 18.2. The van der Waals surface area contributed by atoms with Crippen LogP contribution in [0.2, 0.25) is 18.1 Å². The highest BCUT2D eigenvalue weighted by Crippen LogP contribution is 2.39. The summed E-state index contributed by atoms with van der Waals surface area (Å²) in [6, 6.07) is 0. The van der Waals surface area contributed by atoms with E-state index in [1.54, 1.807) is 0 Å². The van der Waals surface area contributed by atoms with E-state index in [1.807, 2.05) is 0 Å². The monoisotopic (exact) mass is 290 g/mol. The minimum atomic E-state index is -1.82. The summed E-state index contributed by atoms with van der Waals surface area (Å²) in [6.07, 6.45) is 1.30. The summed E-state index contributed by atoms with van der Waals surface area (Å²) >= 11 is 3.91. The van der Waals surface area contributed by atoms with Crippen LogP contribution in [-0.4, -0.2) is 19.5 Å². The molecule has 4 heteroatoms. The van der Waals surface area contributed by atoms with E-state index in [0.717, 1.165) is 6.42 Å². The molecule has 1 atom stereocenters. The first-order valence-corrected chi connectivity index (χ1v) is 10.00. The lowest BCUT2D eigenvalue weighted by Gasteiger charge is -2.40. The molecular weight excluding hydrogens is 260 g/mol. The van der Waals surface area contributed by atoms with Gasteiger partial charge in [0.05, 0.1) is 6.10 Å². The lowest BCUT2D eigenvalue weighted by atomic mass is 9.88. The Morgan fingerprint density at radius 1 is 1.17 bits per heavy atom. The molecule has 0 radical (unpaired) electrons. The van der Waals surface area contributed by atoms with Crippen molar-refractivity contribution in [2.75, 3.05) is 0 Å². The number of rotatable bonds is 5. The van der Waals surface area contributed by atoms with Crippen LogP contribution < -0.4 is 0 Å². The minimum Gasteiger partial charge on any atom is -0.413 e. The average molecular weight is 291 g/mol. The third-order valence-electron chi connectivity index (χ3n) is 3.51. The molecule has 0 aromatic heterocycles. The van der Waals surface area contributed by atoms with Crippen LogP contribution in [0.25, 0.3) is 0 Å². The second-order valence-corrected chi connectivity index (χ2v) is 13.1. The van der Waals surface area contributed by atoms with Gasteiger partial charge in [-0.05, 0) is 30.0 Å². The van der Waals surface area contributed by atoms with Gasteiger partial charge < -0.3 is 4.43 Å². The van der Waals surface area contributed by atoms with E-state index in [2.05, 4.69) is 67.3 Å². The molecule has 0 bridgehead atoms. The number of carbonyl (C=O) groups excluding carboxylic acids is 1. The van der Waals surface area contributed by atoms with E-state index >= 15 is 0 Å². The molecule has 0 saturated heterocycles. The molecule has 1 unspecified atom stereocenters. The van der Waals surface area contributed by atoms with Crippen LogP contribution >= 0.6 is 12.6 Å². The van der Waals surface area contributed by atoms with E-state index in [1.165, 1.54) is 0 Å². The summed E-state index contributed by atoms with van der Waals surface area (Å²) in [7, 11) is -1.82. The van der Waals surface area contributed by atoms with Crippen molar-refractivity contribution >= 4 is 26.1 Å². The van der Waals surface area contributed by atoms with Crippen LogP contribution in [-0.2, 0) is 9.22 Å². The van der Waals surface area contributed by atoms with E-state index in [0.29, 0.717) is 6.42 Å². The van der Waals surface area contributed by atoms with Gasteiger partial charge in [-0.1, -0.05) is 41.5 Å². The Kier molecular flexibility index (Phi) is 6.17. The topological polar surface area (TPSA) is 26.3 Å². The Balaban J connectivity index is 4.84. The SMILES string of the molecule is CC(C)(C)CC(CC(=O)S)O[Si](C)(C)C(C)(C)C. The van der Waals surface area contributed by atoms with Gasteiger partial charge in [0.1, 0.15) is 0 Å². The average Bonchev–Trinajstić information content (AvgIpc) is 1.94. The van der Waals surface area contributed by atoms with Crippen LogP contribution in [0.1, 0.15) is 54.4 Å². The summed E-state index contributed by atoms with van der Waals surface area (Å²) in [6.45, 7) is 17.6. The van der Waals surface area contributed by atoms with Crippen molar-refractivity contribution < 1.29 is 9.22 Å². The first-order chi connectivity index (χ1) is 7.74. The Hall–Kier alpha value is 0.197. The van der Waals surface area contributed by atoms with Gasteiger partial charge in [0, 0.05) is 6.42 Å². The van der Waals surface area contributed by atoms with Crippen molar-refractivity contribution in [2.24, 2.45) is 5.41 Å². The summed E-state index contributed by atoms with van der Waals surface area (Å²) in [5, 5.41) is 0.0888. The normalized spacial score (nSPS) is 15.6. The molecule has 0 aliphatic carbocycles. The molecular formula is C14H30O2SSi. The molecule has 0 amide bonds. The zero-order chi connectivity index (χ0) is 14.8. The lowest BCUT2D eigenvalue weighted by Crippen LogP contribution is -2.45. The Bertz CT molecular complexity index is 287. The number of carbonyl (C=O) groups is 1. The maximum Gasteiger partial charge on any atom is 0.192 e. The van der Waals surface area contributed by atoms with Gasteiger partial charge in [0.25, 0.3) is 0 Å². The quantitative estimate of drug-likeness (QED) is 0.589. The fourth-order valence-electron chi connectivity index (χ4n) is 1.63. The highest BCUT2D eigenvalue weighted by Gasteiger charge is 2.40. The van der Waals surface area contributed by atoms with Gasteiger partial charge >= 0.3 is 0 Å². The van der Waals surface area contributed by atoms with Gasteiger partial charge in [-0.3, -0.25) is 4.79 Å². The van der Waals surface area contributed by atoms with Crippen LogP contribution in [0.4, 0.5) is 0 Å². The summed E-state index contributed by atoms with van der Waals surface area (Å²) < 4.78 is 6.36. The Morgan fingerprint density at radius 2 is 1.61 bits per heavy atom. The molecule has 0 N–H and O–H groups in total. The second-order valence-electron chi connectivity index (χ2n) is 7.86. The highest BCUT2D eigenvalue weighted by atomic mass is 32.1. The molecule has 108 valence electrons. The summed E-state index contributed by atoms with van der Waals surface area (Å²) in [5.41, 5.74) is 0.163. The van der Waals surface area contributed by atoms with Crippen molar-refractivity contribution in [3.8, 4) is 0 Å². The standard InChI is InChI=1S/C14H30O2SSi/c1-13(2,3)10-11(9-12(15)17)16-18(7,8)14(4,5)6/h11H,9-10H2,1-8H3,(H,15,17). The van der Waals surface area contributed by atoms with Crippen LogP contribution in [0.5, 0.6) is 0 Å². The molecule has 0 rings (SSSR count). The molecule has 0 aliphatic heterocycles. The molecule has 0 aliphatic rings. The van der Waals surface area contributed by atoms with Crippen molar-refractivity contribution in [2.45, 2.75) is 78.6 Å². The molecule has 0 fully saturated rings. The van der Waals surface area contributed by atoms with Gasteiger partial charge in [-0.2, -0.15) is 0 Å². The maximum absolute atomic E-state index is 11.3. The van der Waals surface area contributed by atoms with E-state index in [4.69, 9.17) is 4.43 Å². The smallest absolute Gasteiger partial charge is 0.192 e. The summed E-state index contributed by atoms with van der Waals surface area (Å²) in [5.74, 6) is 0. The predicted octanol–water partition coefficient (Wildman–Crippen LogP) is 4.66. The minimum absolute atomic E-state index is 0.00380. The van der Waals surface area contributed by atoms with Gasteiger partial charge in [0.15, 0.2) is 13.4 Å². The van der Waals surface area contributed by atoms with Gasteiger partial charge in [-0.25, -0.2) is 0 Å². The van der Waals surface area contributed by atoms with E-state index in [-0.39, 0.29) is 21.7 Å². The lowest BCUT2D eigenvalue weighted by molar-refractivity contribution is -0.112. The second kappa shape index (κ2) is 6.10. The van der Waals surface area contributed by atoms with Crippen molar-refractivity contribution in [3.63, 3.8) is 0 Å². The largest absolute Gasteiger partial charge is 0.413 e. The summed E-state index contributed by atoms with van der Waals surface area (Å²) in [4.78, 5) is 11.3. The Labute approximate surface area is 119 Å². The van der Waals surface area contributed by atoms with Crippen LogP contribution in [0.15, 0.2) is 0 Å². The molecule has 2 nitrogen and oxygen atoms in total. The molecule has 0 heterocycles. The first-order valence-electron chi connectivity index (χ1n) is 6.64. The molecule has 0 spiro atoms. The third kappa shape index (κ3) is 6.95. The van der Waals surface area contributed by atoms with Crippen molar-refractivity contribution in [3.05, 3.63) is 0 Å². The van der Waals surface area contributed by atoms with E-state index < -0.39 is 8.32 Å². The number of hydrogen-bond acceptors (Lipinski definition) is 2. The molecule has 0 saturated carbocycles. The molecule has 0 aromatic carbocycles. The Morgan fingerprint density at radius 3 is 1.89 bits per heavy atom. The molecule has 0 aromatic rings. The number of hydrogen-bond donors (Lipinski definition) is 1. The van der Waals surface area contributed by atoms with Gasteiger partial charge in [-0.15, -0.1) is 12.6 Å². The molecule has 18 heavy (non-hydrogen) atoms. The zero-order valence-corrected chi connectivity index (χ0v) is 15.1. The fourth-order valence-corrected chi connectivity index (χ4v) is 3.18. The predicted molar refractivity (Wildman–Crippen MR) is 84.8 cm³/mol. The highest BCUT2D eigenvalue weighted by molar-refractivity contribution is 7.96. The maximum atomic E-state index is 11.3. The van der Waals surface area contributed by atoms with E-state index in [9.17, 15) is 4.79 Å². The van der Waals surface area contributed by atoms with Gasteiger partial charge in [0.2, 0.25) is 0 Å². The fraction of sp³-hybridized carbons (Fsp3) is 0.929. The third-order valence-corrected chi connectivity index (χ3v) is 8.23. The van der Waals surface area contributed by atoms with Crippen LogP contribution in [0.3, 0.4) is 0 Å². The zero-order valence-electron chi connectivity index (χ0n) is 13.3. The van der Waals surface area contributed by atoms with Crippen LogP contribution in [0, 0.1) is 5.41 Å². The number of thiol groups is 1.